The van der Waals surface area contributed by atoms with Crippen molar-refractivity contribution in [2.24, 2.45) is 0 Å². The number of allylic oxidation sites excluding steroid dienone is 1. The second-order valence-corrected chi connectivity index (χ2v) is 5.54. The predicted octanol–water partition coefficient (Wildman–Crippen LogP) is 4.57. The van der Waals surface area contributed by atoms with Crippen molar-refractivity contribution in [2.75, 3.05) is 5.43 Å². The van der Waals surface area contributed by atoms with Crippen LogP contribution in [0.3, 0.4) is 0 Å². The molecule has 0 aliphatic heterocycles. The van der Waals surface area contributed by atoms with Crippen LogP contribution in [0.2, 0.25) is 0 Å². The van der Waals surface area contributed by atoms with Gasteiger partial charge in [0.1, 0.15) is 5.70 Å². The minimum absolute atomic E-state index is 0.327. The SMILES string of the molecule is C=C(NNc1nc(-c2ccc(Br)cc2)cs1)C(F)(F)F. The Kier molecular flexibility index (Phi) is 4.34. The summed E-state index contributed by atoms with van der Waals surface area (Å²) in [6, 6.07) is 7.47. The summed E-state index contributed by atoms with van der Waals surface area (Å²) >= 11 is 4.52. The zero-order valence-corrected chi connectivity index (χ0v) is 12.4. The molecule has 2 rings (SSSR count). The summed E-state index contributed by atoms with van der Waals surface area (Å²) < 4.78 is 37.7. The fraction of sp³-hybridized carbons (Fsp3) is 0.0833. The molecule has 2 aromatic rings. The molecule has 0 aliphatic carbocycles. The van der Waals surface area contributed by atoms with E-state index >= 15 is 0 Å². The zero-order valence-electron chi connectivity index (χ0n) is 9.96. The largest absolute Gasteiger partial charge is 0.432 e. The molecule has 0 fully saturated rings. The number of hydrogen-bond donors (Lipinski definition) is 2. The van der Waals surface area contributed by atoms with E-state index in [2.05, 4.69) is 32.9 Å². The first-order valence-electron chi connectivity index (χ1n) is 5.36. The number of thiazole rings is 1. The van der Waals surface area contributed by atoms with Gasteiger partial charge in [-0.3, -0.25) is 10.9 Å². The van der Waals surface area contributed by atoms with Crippen LogP contribution in [0.15, 0.2) is 46.4 Å². The Hall–Kier alpha value is -1.54. The van der Waals surface area contributed by atoms with E-state index in [1.54, 1.807) is 5.38 Å². The van der Waals surface area contributed by atoms with E-state index in [0.29, 0.717) is 10.8 Å². The van der Waals surface area contributed by atoms with Gasteiger partial charge in [0, 0.05) is 15.4 Å². The average Bonchev–Trinajstić information content (AvgIpc) is 2.84. The zero-order chi connectivity index (χ0) is 14.8. The lowest BCUT2D eigenvalue weighted by Gasteiger charge is -2.12. The highest BCUT2D eigenvalue weighted by atomic mass is 79.9. The van der Waals surface area contributed by atoms with Gasteiger partial charge in [-0.25, -0.2) is 4.98 Å². The molecular weight excluding hydrogens is 355 g/mol. The molecular formula is C12H9BrF3N3S. The van der Waals surface area contributed by atoms with E-state index in [1.807, 2.05) is 29.7 Å². The predicted molar refractivity (Wildman–Crippen MR) is 77.2 cm³/mol. The lowest BCUT2D eigenvalue weighted by Crippen LogP contribution is -2.29. The Bertz CT molecular complexity index is 607. The number of aromatic nitrogens is 1. The molecule has 0 aliphatic rings. The molecule has 8 heteroatoms. The molecule has 0 saturated heterocycles. The number of benzene rings is 1. The highest BCUT2D eigenvalue weighted by Gasteiger charge is 2.32. The van der Waals surface area contributed by atoms with Crippen molar-refractivity contribution in [3.05, 3.63) is 46.4 Å². The molecule has 0 amide bonds. The van der Waals surface area contributed by atoms with Gasteiger partial charge in [0.2, 0.25) is 5.13 Å². The van der Waals surface area contributed by atoms with Crippen LogP contribution >= 0.6 is 27.3 Å². The van der Waals surface area contributed by atoms with E-state index in [0.717, 1.165) is 10.0 Å². The molecule has 1 aromatic carbocycles. The van der Waals surface area contributed by atoms with E-state index < -0.39 is 11.9 Å². The van der Waals surface area contributed by atoms with Crippen molar-refractivity contribution < 1.29 is 13.2 Å². The third-order valence-corrected chi connectivity index (χ3v) is 3.59. The average molecular weight is 364 g/mol. The Labute approximate surface area is 125 Å². The normalized spacial score (nSPS) is 11.2. The molecule has 1 heterocycles. The molecule has 3 nitrogen and oxygen atoms in total. The molecule has 0 atom stereocenters. The molecule has 106 valence electrons. The first kappa shape index (κ1) is 14.9. The minimum Gasteiger partial charge on any atom is -0.295 e. The van der Waals surface area contributed by atoms with Gasteiger partial charge in [0.25, 0.3) is 0 Å². The van der Waals surface area contributed by atoms with Gasteiger partial charge in [-0.05, 0) is 12.1 Å². The fourth-order valence-corrected chi connectivity index (χ4v) is 2.22. The number of alkyl halides is 3. The lowest BCUT2D eigenvalue weighted by molar-refractivity contribution is -0.0956. The Morgan fingerprint density at radius 3 is 2.50 bits per heavy atom. The van der Waals surface area contributed by atoms with Crippen LogP contribution in [0.25, 0.3) is 11.3 Å². The number of nitrogens with zero attached hydrogens (tertiary/aromatic N) is 1. The quantitative estimate of drug-likeness (QED) is 0.781. The first-order valence-corrected chi connectivity index (χ1v) is 7.03. The van der Waals surface area contributed by atoms with Crippen LogP contribution in [0.1, 0.15) is 0 Å². The summed E-state index contributed by atoms with van der Waals surface area (Å²) in [4.78, 5) is 4.19. The van der Waals surface area contributed by atoms with E-state index in [4.69, 9.17) is 0 Å². The maximum Gasteiger partial charge on any atom is 0.432 e. The molecule has 0 radical (unpaired) electrons. The van der Waals surface area contributed by atoms with Gasteiger partial charge >= 0.3 is 6.18 Å². The molecule has 0 spiro atoms. The van der Waals surface area contributed by atoms with Crippen LogP contribution in [-0.4, -0.2) is 11.2 Å². The number of nitrogens with one attached hydrogen (secondary N) is 2. The monoisotopic (exact) mass is 363 g/mol. The Morgan fingerprint density at radius 2 is 1.90 bits per heavy atom. The van der Waals surface area contributed by atoms with Crippen molar-refractivity contribution >= 4 is 32.4 Å². The summed E-state index contributed by atoms with van der Waals surface area (Å²) in [5, 5.41) is 2.08. The molecule has 1 aromatic heterocycles. The second kappa shape index (κ2) is 5.84. The first-order chi connectivity index (χ1) is 9.36. The summed E-state index contributed by atoms with van der Waals surface area (Å²) in [7, 11) is 0. The van der Waals surface area contributed by atoms with Crippen molar-refractivity contribution in [3.63, 3.8) is 0 Å². The molecule has 2 N–H and O–H groups in total. The van der Waals surface area contributed by atoms with Gasteiger partial charge < -0.3 is 0 Å². The van der Waals surface area contributed by atoms with Gasteiger partial charge in [0.15, 0.2) is 0 Å². The number of halogens is 4. The van der Waals surface area contributed by atoms with Crippen LogP contribution < -0.4 is 10.9 Å². The summed E-state index contributed by atoms with van der Waals surface area (Å²) in [5.74, 6) is 0. The van der Waals surface area contributed by atoms with Crippen LogP contribution in [0.5, 0.6) is 0 Å². The maximum absolute atomic E-state index is 12.2. The number of hydrogen-bond acceptors (Lipinski definition) is 4. The van der Waals surface area contributed by atoms with Crippen LogP contribution in [-0.2, 0) is 0 Å². The number of anilines is 1. The second-order valence-electron chi connectivity index (χ2n) is 3.77. The van der Waals surface area contributed by atoms with Crippen molar-refractivity contribution in [3.8, 4) is 11.3 Å². The lowest BCUT2D eigenvalue weighted by atomic mass is 10.2. The van der Waals surface area contributed by atoms with Crippen molar-refractivity contribution in [2.45, 2.75) is 6.18 Å². The topological polar surface area (TPSA) is 37.0 Å². The maximum atomic E-state index is 12.2. The Balaban J connectivity index is 2.03. The summed E-state index contributed by atoms with van der Waals surface area (Å²) in [6.07, 6.45) is -4.49. The Morgan fingerprint density at radius 1 is 1.25 bits per heavy atom. The number of hydrazine groups is 1. The highest BCUT2D eigenvalue weighted by molar-refractivity contribution is 9.10. The molecule has 0 bridgehead atoms. The molecule has 0 unspecified atom stereocenters. The van der Waals surface area contributed by atoms with Gasteiger partial charge in [0.05, 0.1) is 5.69 Å². The van der Waals surface area contributed by atoms with Crippen LogP contribution in [0.4, 0.5) is 18.3 Å². The summed E-state index contributed by atoms with van der Waals surface area (Å²) in [5.41, 5.74) is 4.86. The third kappa shape index (κ3) is 3.73. The van der Waals surface area contributed by atoms with Gasteiger partial charge in [-0.15, -0.1) is 11.3 Å². The van der Waals surface area contributed by atoms with Crippen molar-refractivity contribution in [1.29, 1.82) is 0 Å². The number of rotatable bonds is 4. The van der Waals surface area contributed by atoms with E-state index in [9.17, 15) is 13.2 Å². The molecule has 20 heavy (non-hydrogen) atoms. The summed E-state index contributed by atoms with van der Waals surface area (Å²) in [6.45, 7) is 2.89. The minimum atomic E-state index is -4.49. The fourth-order valence-electron chi connectivity index (χ4n) is 1.28. The standard InChI is InChI=1S/C12H9BrF3N3S/c1-7(12(14,15)16)18-19-11-17-10(6-20-11)8-2-4-9(13)5-3-8/h2-6,18H,1H2,(H,17,19). The van der Waals surface area contributed by atoms with Crippen LogP contribution in [0, 0.1) is 0 Å². The van der Waals surface area contributed by atoms with Crippen molar-refractivity contribution in [1.82, 2.24) is 10.4 Å². The van der Waals surface area contributed by atoms with Gasteiger partial charge in [-0.2, -0.15) is 13.2 Å². The smallest absolute Gasteiger partial charge is 0.295 e. The van der Waals surface area contributed by atoms with Gasteiger partial charge in [-0.1, -0.05) is 34.6 Å². The highest BCUT2D eigenvalue weighted by Crippen LogP contribution is 2.26. The van der Waals surface area contributed by atoms with E-state index in [1.165, 1.54) is 11.3 Å². The molecule has 0 saturated carbocycles. The van der Waals surface area contributed by atoms with E-state index in [-0.39, 0.29) is 0 Å². The third-order valence-electron chi connectivity index (χ3n) is 2.31.